The fourth-order valence-corrected chi connectivity index (χ4v) is 4.37. The molecule has 1 aliphatic rings. The molecule has 0 aliphatic carbocycles. The number of piperazine rings is 1. The van der Waals surface area contributed by atoms with Gasteiger partial charge in [-0.15, -0.1) is 23.7 Å². The van der Waals surface area contributed by atoms with E-state index in [0.717, 1.165) is 27.3 Å². The molecule has 1 amide bonds. The van der Waals surface area contributed by atoms with Crippen molar-refractivity contribution in [2.75, 3.05) is 19.6 Å². The van der Waals surface area contributed by atoms with Gasteiger partial charge in [0.2, 0.25) is 5.91 Å². The molecule has 0 saturated carbocycles. The zero-order valence-electron chi connectivity index (χ0n) is 14.7. The Morgan fingerprint density at radius 3 is 2.93 bits per heavy atom. The second kappa shape index (κ2) is 8.78. The molecule has 1 aliphatic heterocycles. The Morgan fingerprint density at radius 1 is 1.26 bits per heavy atom. The maximum Gasteiger partial charge on any atom is 0.223 e. The highest BCUT2D eigenvalue weighted by atomic mass is 35.5. The van der Waals surface area contributed by atoms with Crippen molar-refractivity contribution in [2.24, 2.45) is 0 Å². The van der Waals surface area contributed by atoms with E-state index in [9.17, 15) is 9.18 Å². The smallest absolute Gasteiger partial charge is 0.223 e. The van der Waals surface area contributed by atoms with Crippen LogP contribution < -0.4 is 5.32 Å². The number of rotatable bonds is 4. The summed E-state index contributed by atoms with van der Waals surface area (Å²) in [5.41, 5.74) is 1.82. The van der Waals surface area contributed by atoms with E-state index in [1.54, 1.807) is 17.4 Å². The monoisotopic (exact) mass is 405 g/mol. The number of benzene rings is 2. The number of aryl methyl sites for hydroxylation is 1. The van der Waals surface area contributed by atoms with Gasteiger partial charge in [-0.05, 0) is 29.8 Å². The van der Waals surface area contributed by atoms with Crippen molar-refractivity contribution < 1.29 is 9.18 Å². The predicted octanol–water partition coefficient (Wildman–Crippen LogP) is 3.96. The third kappa shape index (κ3) is 4.46. The number of hydrogen-bond acceptors (Lipinski definition) is 4. The van der Waals surface area contributed by atoms with Gasteiger partial charge >= 0.3 is 0 Å². The van der Waals surface area contributed by atoms with Gasteiger partial charge in [-0.3, -0.25) is 4.79 Å². The lowest BCUT2D eigenvalue weighted by Crippen LogP contribution is -2.48. The molecule has 1 N–H and O–H groups in total. The van der Waals surface area contributed by atoms with Crippen LogP contribution in [-0.4, -0.2) is 35.4 Å². The molecule has 2 heterocycles. The molecule has 142 valence electrons. The molecule has 1 saturated heterocycles. The zero-order valence-corrected chi connectivity index (χ0v) is 16.4. The second-order valence-electron chi connectivity index (χ2n) is 6.44. The number of aromatic nitrogens is 1. The summed E-state index contributed by atoms with van der Waals surface area (Å²) in [5.74, 6) is -0.171. The van der Waals surface area contributed by atoms with E-state index in [1.165, 1.54) is 12.1 Å². The van der Waals surface area contributed by atoms with E-state index in [1.807, 2.05) is 29.2 Å². The van der Waals surface area contributed by atoms with E-state index in [-0.39, 0.29) is 30.2 Å². The van der Waals surface area contributed by atoms with Crippen molar-refractivity contribution in [3.05, 3.63) is 64.9 Å². The van der Waals surface area contributed by atoms with Crippen molar-refractivity contribution in [2.45, 2.75) is 18.9 Å². The van der Waals surface area contributed by atoms with E-state index in [0.29, 0.717) is 25.9 Å². The van der Waals surface area contributed by atoms with Crippen LogP contribution in [0.2, 0.25) is 0 Å². The number of fused-ring (bicyclic) bond motifs is 1. The molecule has 27 heavy (non-hydrogen) atoms. The maximum atomic E-state index is 13.6. The number of halogens is 2. The van der Waals surface area contributed by atoms with E-state index < -0.39 is 0 Å². The first-order chi connectivity index (χ1) is 12.7. The number of thiazole rings is 1. The minimum Gasteiger partial charge on any atom is -0.333 e. The SMILES string of the molecule is Cl.O=C(CCc1nc2ccccc2s1)N1CCNCC1c1cccc(F)c1. The molecule has 4 rings (SSSR count). The fraction of sp³-hybridized carbons (Fsp3) is 0.300. The predicted molar refractivity (Wildman–Crippen MR) is 109 cm³/mol. The van der Waals surface area contributed by atoms with Crippen LogP contribution in [0.4, 0.5) is 4.39 Å². The summed E-state index contributed by atoms with van der Waals surface area (Å²) in [7, 11) is 0. The largest absolute Gasteiger partial charge is 0.333 e. The van der Waals surface area contributed by atoms with Crippen LogP contribution in [0.15, 0.2) is 48.5 Å². The van der Waals surface area contributed by atoms with Gasteiger partial charge in [-0.1, -0.05) is 24.3 Å². The first-order valence-electron chi connectivity index (χ1n) is 8.81. The van der Waals surface area contributed by atoms with Crippen molar-refractivity contribution in [1.82, 2.24) is 15.2 Å². The lowest BCUT2D eigenvalue weighted by Gasteiger charge is -2.36. The Morgan fingerprint density at radius 2 is 2.11 bits per heavy atom. The third-order valence-electron chi connectivity index (χ3n) is 4.69. The highest BCUT2D eigenvalue weighted by molar-refractivity contribution is 7.18. The molecule has 0 bridgehead atoms. The molecule has 1 aromatic heterocycles. The van der Waals surface area contributed by atoms with Crippen molar-refractivity contribution >= 4 is 39.9 Å². The zero-order chi connectivity index (χ0) is 17.9. The fourth-order valence-electron chi connectivity index (χ4n) is 3.40. The summed E-state index contributed by atoms with van der Waals surface area (Å²) in [6.07, 6.45) is 1.06. The molecular formula is C20H21ClFN3OS. The van der Waals surface area contributed by atoms with Crippen LogP contribution in [0.1, 0.15) is 23.0 Å². The molecule has 1 fully saturated rings. The van der Waals surface area contributed by atoms with E-state index in [4.69, 9.17) is 0 Å². The van der Waals surface area contributed by atoms with E-state index >= 15 is 0 Å². The summed E-state index contributed by atoms with van der Waals surface area (Å²) in [6.45, 7) is 2.05. The van der Waals surface area contributed by atoms with Gasteiger partial charge in [0, 0.05) is 32.5 Å². The Balaban J connectivity index is 0.00000210. The van der Waals surface area contributed by atoms with Gasteiger partial charge < -0.3 is 10.2 Å². The molecule has 3 aromatic rings. The molecule has 2 aromatic carbocycles. The van der Waals surface area contributed by atoms with Crippen LogP contribution in [0.3, 0.4) is 0 Å². The first kappa shape index (κ1) is 19.7. The number of nitrogens with zero attached hydrogens (tertiary/aromatic N) is 2. The quantitative estimate of drug-likeness (QED) is 0.714. The van der Waals surface area contributed by atoms with Crippen molar-refractivity contribution in [3.63, 3.8) is 0 Å². The van der Waals surface area contributed by atoms with Crippen LogP contribution in [-0.2, 0) is 11.2 Å². The van der Waals surface area contributed by atoms with Crippen LogP contribution >= 0.6 is 23.7 Å². The van der Waals surface area contributed by atoms with E-state index in [2.05, 4.69) is 16.4 Å². The molecule has 1 atom stereocenters. The number of carbonyl (C=O) groups is 1. The Bertz CT molecular complexity index is 899. The molecule has 0 radical (unpaired) electrons. The topological polar surface area (TPSA) is 45.2 Å². The van der Waals surface area contributed by atoms with Gasteiger partial charge in [0.25, 0.3) is 0 Å². The van der Waals surface area contributed by atoms with Crippen LogP contribution in [0, 0.1) is 5.82 Å². The number of carbonyl (C=O) groups excluding carboxylic acids is 1. The summed E-state index contributed by atoms with van der Waals surface area (Å²) in [6, 6.07) is 14.4. The highest BCUT2D eigenvalue weighted by Crippen LogP contribution is 2.26. The van der Waals surface area contributed by atoms with Gasteiger partial charge in [0.1, 0.15) is 5.82 Å². The Labute approximate surface area is 167 Å². The normalized spacial score (nSPS) is 16.9. The van der Waals surface area contributed by atoms with Crippen molar-refractivity contribution in [3.8, 4) is 0 Å². The summed E-state index contributed by atoms with van der Waals surface area (Å²) >= 11 is 1.64. The lowest BCUT2D eigenvalue weighted by atomic mass is 10.0. The van der Waals surface area contributed by atoms with Gasteiger partial charge in [0.15, 0.2) is 0 Å². The van der Waals surface area contributed by atoms with Gasteiger partial charge in [-0.2, -0.15) is 0 Å². The number of amides is 1. The molecule has 7 heteroatoms. The minimum atomic E-state index is -0.269. The lowest BCUT2D eigenvalue weighted by molar-refractivity contribution is -0.134. The van der Waals surface area contributed by atoms with Gasteiger partial charge in [-0.25, -0.2) is 9.37 Å². The minimum absolute atomic E-state index is 0. The molecule has 0 spiro atoms. The Hall–Kier alpha value is -2.02. The summed E-state index contributed by atoms with van der Waals surface area (Å²) < 4.78 is 14.7. The number of para-hydroxylation sites is 1. The number of hydrogen-bond donors (Lipinski definition) is 1. The van der Waals surface area contributed by atoms with Crippen LogP contribution in [0.5, 0.6) is 0 Å². The maximum absolute atomic E-state index is 13.6. The molecule has 1 unspecified atom stereocenters. The Kier molecular flexibility index (Phi) is 6.42. The molecular weight excluding hydrogens is 385 g/mol. The average Bonchev–Trinajstić information content (AvgIpc) is 3.09. The summed E-state index contributed by atoms with van der Waals surface area (Å²) in [5, 5.41) is 4.29. The van der Waals surface area contributed by atoms with Crippen molar-refractivity contribution in [1.29, 1.82) is 0 Å². The highest BCUT2D eigenvalue weighted by Gasteiger charge is 2.27. The summed E-state index contributed by atoms with van der Waals surface area (Å²) in [4.78, 5) is 19.3. The average molecular weight is 406 g/mol. The van der Waals surface area contributed by atoms with Crippen LogP contribution in [0.25, 0.3) is 10.2 Å². The first-order valence-corrected chi connectivity index (χ1v) is 9.62. The standard InChI is InChI=1S/C20H20FN3OS.ClH/c21-15-5-3-4-14(12-15)17-13-22-10-11-24(17)20(25)9-8-19-23-16-6-1-2-7-18(16)26-19;/h1-7,12,17,22H,8-11,13H2;1H. The number of nitrogens with one attached hydrogen (secondary N) is 1. The molecule has 4 nitrogen and oxygen atoms in total. The van der Waals surface area contributed by atoms with Gasteiger partial charge in [0.05, 0.1) is 21.3 Å². The third-order valence-corrected chi connectivity index (χ3v) is 5.78. The second-order valence-corrected chi connectivity index (χ2v) is 7.55.